The van der Waals surface area contributed by atoms with Gasteiger partial charge in [0.15, 0.2) is 11.4 Å². The Kier molecular flexibility index (Phi) is 7.48. The Labute approximate surface area is 249 Å². The second-order valence-electron chi connectivity index (χ2n) is 12.2. The fraction of sp³-hybridized carbons (Fsp3) is 0.382. The van der Waals surface area contributed by atoms with Crippen molar-refractivity contribution < 1.29 is 34.8 Å². The zero-order valence-corrected chi connectivity index (χ0v) is 23.9. The Morgan fingerprint density at radius 2 is 1.72 bits per heavy atom. The molecule has 5 aliphatic rings. The second kappa shape index (κ2) is 11.1. The molecule has 0 aromatic heterocycles. The van der Waals surface area contributed by atoms with Gasteiger partial charge in [-0.1, -0.05) is 48.1 Å². The van der Waals surface area contributed by atoms with E-state index in [0.717, 1.165) is 37.2 Å². The maximum Gasteiger partial charge on any atom is 0.255 e. The first-order valence-electron chi connectivity index (χ1n) is 14.9. The van der Waals surface area contributed by atoms with Gasteiger partial charge in [-0.25, -0.2) is 0 Å². The smallest absolute Gasteiger partial charge is 0.255 e. The molecular weight excluding hydrogens is 548 g/mol. The molecule has 4 aliphatic carbocycles. The van der Waals surface area contributed by atoms with E-state index in [2.05, 4.69) is 23.1 Å². The molecule has 1 heterocycles. The molecule has 1 aromatic rings. The summed E-state index contributed by atoms with van der Waals surface area (Å²) >= 11 is 0. The fourth-order valence-corrected chi connectivity index (χ4v) is 7.39. The third-order valence-corrected chi connectivity index (χ3v) is 9.54. The summed E-state index contributed by atoms with van der Waals surface area (Å²) in [5.74, 6) is -6.31. The quantitative estimate of drug-likeness (QED) is 0.335. The molecule has 2 fully saturated rings. The van der Waals surface area contributed by atoms with Crippen LogP contribution in [0, 0.1) is 11.8 Å². The number of carbonyl (C=O) groups is 3. The number of phenolic OH excluding ortho intramolecular Hbond substituents is 1. The lowest BCUT2D eigenvalue weighted by molar-refractivity contribution is -0.147. The zero-order chi connectivity index (χ0) is 30.5. The highest BCUT2D eigenvalue weighted by atomic mass is 16.3. The van der Waals surface area contributed by atoms with Crippen LogP contribution in [0.25, 0.3) is 11.3 Å². The van der Waals surface area contributed by atoms with Crippen molar-refractivity contribution in [2.45, 2.75) is 50.5 Å². The predicted octanol–water partition coefficient (Wildman–Crippen LogP) is 3.74. The predicted molar refractivity (Wildman–Crippen MR) is 161 cm³/mol. The van der Waals surface area contributed by atoms with E-state index in [1.165, 1.54) is 24.5 Å². The number of Topliss-reactive ketones (excluding diaryl/α,β-unsaturated/α-hetero) is 2. The maximum absolute atomic E-state index is 13.8. The molecule has 1 saturated heterocycles. The molecule has 1 aliphatic heterocycles. The summed E-state index contributed by atoms with van der Waals surface area (Å²) in [5.41, 5.74) is 5.64. The van der Waals surface area contributed by atoms with Gasteiger partial charge in [0, 0.05) is 24.5 Å². The number of rotatable bonds is 4. The van der Waals surface area contributed by atoms with Crippen LogP contribution in [0.1, 0.15) is 55.2 Å². The minimum atomic E-state index is -2.57. The lowest BCUT2D eigenvalue weighted by Crippen LogP contribution is -2.58. The summed E-state index contributed by atoms with van der Waals surface area (Å²) in [7, 11) is 0. The van der Waals surface area contributed by atoms with Gasteiger partial charge in [-0.3, -0.25) is 19.3 Å². The van der Waals surface area contributed by atoms with E-state index in [-0.39, 0.29) is 36.1 Å². The van der Waals surface area contributed by atoms with Crippen molar-refractivity contribution in [1.82, 2.24) is 4.90 Å². The van der Waals surface area contributed by atoms with E-state index in [1.54, 1.807) is 0 Å². The highest BCUT2D eigenvalue weighted by molar-refractivity contribution is 6.22. The molecule has 1 aromatic carbocycles. The number of phenols is 1. The van der Waals surface area contributed by atoms with Crippen LogP contribution in [-0.4, -0.2) is 68.0 Å². The highest BCUT2D eigenvalue weighted by Gasteiger charge is 2.60. The van der Waals surface area contributed by atoms with Crippen molar-refractivity contribution in [3.05, 3.63) is 87.8 Å². The summed E-state index contributed by atoms with van der Waals surface area (Å²) in [5, 5.41) is 44.7. The van der Waals surface area contributed by atoms with Crippen LogP contribution in [0.3, 0.4) is 0 Å². The Bertz CT molecular complexity index is 1600. The van der Waals surface area contributed by atoms with Crippen LogP contribution in [0.15, 0.2) is 71.1 Å². The van der Waals surface area contributed by atoms with Crippen molar-refractivity contribution in [3.8, 4) is 5.75 Å². The molecule has 3 atom stereocenters. The van der Waals surface area contributed by atoms with Crippen LogP contribution in [-0.2, 0) is 20.8 Å². The van der Waals surface area contributed by atoms with Gasteiger partial charge < -0.3 is 26.2 Å². The van der Waals surface area contributed by atoms with Gasteiger partial charge in [-0.15, -0.1) is 0 Å². The number of aliphatic hydroxyl groups excluding tert-OH is 2. The topological polar surface area (TPSA) is 161 Å². The number of aliphatic hydroxyl groups is 3. The van der Waals surface area contributed by atoms with Crippen LogP contribution in [0.5, 0.6) is 5.75 Å². The summed E-state index contributed by atoms with van der Waals surface area (Å²) in [4.78, 5) is 40.8. The van der Waals surface area contributed by atoms with Crippen molar-refractivity contribution in [1.29, 1.82) is 0 Å². The molecule has 9 nitrogen and oxygen atoms in total. The molecule has 0 radical (unpaired) electrons. The number of hydrogen-bond acceptors (Lipinski definition) is 8. The standard InChI is InChI=1S/C34H36N2O7/c35-33(42)29-26(38)17-22-15-21-16-24-23(11-12-25(37)28(24)30(39)27(21)31(40)34(22,43)32(29)41)20-8-4-2-1-3-7-19(9-10-20)18-36-13-5-6-14-36/h1-4,9-12,21-22,37,39,41,43H,5-8,13-18H2,(H2,35,42)/b3-1-,4-2-,19-9+,20-10+/t21-,22+,34+/m1/s1. The second-order valence-corrected chi connectivity index (χ2v) is 12.2. The Morgan fingerprint density at radius 1 is 1.00 bits per heavy atom. The van der Waals surface area contributed by atoms with E-state index in [1.807, 2.05) is 24.3 Å². The van der Waals surface area contributed by atoms with Crippen LogP contribution in [0.4, 0.5) is 0 Å². The van der Waals surface area contributed by atoms with Gasteiger partial charge >= 0.3 is 0 Å². The summed E-state index contributed by atoms with van der Waals surface area (Å²) in [6.45, 7) is 3.08. The molecule has 9 heteroatoms. The number of fused-ring (bicyclic) bond motifs is 3. The molecule has 43 heavy (non-hydrogen) atoms. The molecule has 6 rings (SSSR count). The minimum Gasteiger partial charge on any atom is -0.508 e. The maximum atomic E-state index is 13.8. The highest BCUT2D eigenvalue weighted by Crippen LogP contribution is 2.52. The van der Waals surface area contributed by atoms with E-state index >= 15 is 0 Å². The van der Waals surface area contributed by atoms with E-state index < -0.39 is 52.0 Å². The number of benzene rings is 1. The lowest BCUT2D eigenvalue weighted by atomic mass is 9.59. The largest absolute Gasteiger partial charge is 0.508 e. The summed E-state index contributed by atoms with van der Waals surface area (Å²) in [6, 6.07) is 3.30. The lowest BCUT2D eigenvalue weighted by Gasteiger charge is -2.46. The van der Waals surface area contributed by atoms with E-state index in [0.29, 0.717) is 12.0 Å². The third kappa shape index (κ3) is 4.86. The number of nitrogens with two attached hydrogens (primary N) is 1. The first kappa shape index (κ1) is 28.9. The van der Waals surface area contributed by atoms with Crippen molar-refractivity contribution in [2.24, 2.45) is 17.6 Å². The number of allylic oxidation sites excluding steroid dienone is 7. The Balaban J connectivity index is 1.44. The number of likely N-dealkylation sites (tertiary alicyclic amines) is 1. The summed E-state index contributed by atoms with van der Waals surface area (Å²) in [6.07, 6.45) is 16.4. The average molecular weight is 585 g/mol. The molecule has 0 unspecified atom stereocenters. The number of hydrogen-bond donors (Lipinski definition) is 5. The first-order chi connectivity index (χ1) is 20.6. The molecule has 0 bridgehead atoms. The molecule has 1 saturated carbocycles. The normalized spacial score (nSPS) is 31.7. The number of ketones is 2. The molecule has 224 valence electrons. The van der Waals surface area contributed by atoms with Crippen LogP contribution < -0.4 is 5.73 Å². The van der Waals surface area contributed by atoms with Gasteiger partial charge in [0.2, 0.25) is 5.78 Å². The van der Waals surface area contributed by atoms with Gasteiger partial charge in [-0.05, 0) is 80.3 Å². The molecular formula is C34H36N2O7. The monoisotopic (exact) mass is 584 g/mol. The van der Waals surface area contributed by atoms with Crippen molar-refractivity contribution in [2.75, 3.05) is 19.6 Å². The van der Waals surface area contributed by atoms with Crippen LogP contribution >= 0.6 is 0 Å². The van der Waals surface area contributed by atoms with Gasteiger partial charge in [-0.2, -0.15) is 0 Å². The molecule has 1 amide bonds. The van der Waals surface area contributed by atoms with Gasteiger partial charge in [0.1, 0.15) is 22.8 Å². The molecule has 0 spiro atoms. The third-order valence-electron chi connectivity index (χ3n) is 9.54. The summed E-state index contributed by atoms with van der Waals surface area (Å²) < 4.78 is 0. The van der Waals surface area contributed by atoms with Crippen molar-refractivity contribution in [3.63, 3.8) is 0 Å². The first-order valence-corrected chi connectivity index (χ1v) is 14.9. The SMILES string of the molecule is NC(=O)C1=C(O)[C@@]2(O)C(=O)C3=C(O)c4c(O)ccc(/C5=C/C=C(/CN6CCCC6)C/C=C\C=C/C5)c4C[C@H]3C[C@H]2CC1=O. The number of amides is 1. The Morgan fingerprint density at radius 3 is 2.44 bits per heavy atom. The number of carbonyl (C=O) groups excluding carboxylic acids is 3. The Hall–Kier alpha value is -4.21. The molecule has 6 N–H and O–H groups in total. The van der Waals surface area contributed by atoms with Gasteiger partial charge in [0.05, 0.1) is 5.56 Å². The van der Waals surface area contributed by atoms with Crippen molar-refractivity contribution >= 4 is 28.8 Å². The fourth-order valence-electron chi connectivity index (χ4n) is 7.39. The van der Waals surface area contributed by atoms with E-state index in [9.17, 15) is 34.8 Å². The average Bonchev–Trinajstić information content (AvgIpc) is 3.47. The number of primary amides is 1. The van der Waals surface area contributed by atoms with E-state index in [4.69, 9.17) is 5.73 Å². The number of aromatic hydroxyl groups is 1. The van der Waals surface area contributed by atoms with Crippen LogP contribution in [0.2, 0.25) is 0 Å². The zero-order valence-electron chi connectivity index (χ0n) is 23.9. The minimum absolute atomic E-state index is 0.0989. The number of nitrogens with zero attached hydrogens (tertiary/aromatic N) is 1. The van der Waals surface area contributed by atoms with Gasteiger partial charge in [0.25, 0.3) is 5.91 Å².